The fourth-order valence-corrected chi connectivity index (χ4v) is 8.21. The lowest BCUT2D eigenvalue weighted by Crippen LogP contribution is -2.44. The summed E-state index contributed by atoms with van der Waals surface area (Å²) in [5.41, 5.74) is 0.570. The van der Waals surface area contributed by atoms with E-state index in [-0.39, 0.29) is 12.2 Å². The van der Waals surface area contributed by atoms with E-state index in [0.717, 1.165) is 49.4 Å². The van der Waals surface area contributed by atoms with Crippen LogP contribution in [0.25, 0.3) is 0 Å². The molecule has 2 N–H and O–H groups in total. The predicted octanol–water partition coefficient (Wildman–Crippen LogP) is 7.02. The van der Waals surface area contributed by atoms with Gasteiger partial charge in [-0.3, -0.25) is 0 Å². The Labute approximate surface area is 180 Å². The zero-order chi connectivity index (χ0) is 20.1. The molecule has 4 saturated carbocycles. The zero-order valence-corrected chi connectivity index (χ0v) is 19.0. The molecule has 4 aliphatic rings. The van der Waals surface area contributed by atoms with Crippen LogP contribution in [-0.2, 0) is 0 Å². The van der Waals surface area contributed by atoms with Gasteiger partial charge in [0.05, 0.1) is 12.2 Å². The van der Waals surface area contributed by atoms with Crippen molar-refractivity contribution < 1.29 is 10.2 Å². The Hall–Kier alpha value is -0.0800. The number of aliphatic hydroxyl groups is 2. The van der Waals surface area contributed by atoms with Crippen LogP contribution in [0.1, 0.15) is 128 Å². The lowest BCUT2D eigenvalue weighted by molar-refractivity contribution is -0.0405. The van der Waals surface area contributed by atoms with Gasteiger partial charge in [-0.15, -0.1) is 0 Å². The fraction of sp³-hybridized carbons (Fsp3) is 1.00. The molecule has 2 heteroatoms. The van der Waals surface area contributed by atoms with E-state index < -0.39 is 0 Å². The van der Waals surface area contributed by atoms with Crippen molar-refractivity contribution in [2.75, 3.05) is 0 Å². The Kier molecular flexibility index (Phi) is 8.00. The molecule has 0 spiro atoms. The lowest BCUT2D eigenvalue weighted by Gasteiger charge is -2.53. The Morgan fingerprint density at radius 3 is 1.14 bits per heavy atom. The summed E-state index contributed by atoms with van der Waals surface area (Å²) >= 11 is 0. The van der Waals surface area contributed by atoms with E-state index in [1.807, 2.05) is 0 Å². The highest BCUT2D eigenvalue weighted by atomic mass is 16.3. The van der Waals surface area contributed by atoms with Gasteiger partial charge in [-0.05, 0) is 119 Å². The van der Waals surface area contributed by atoms with Gasteiger partial charge >= 0.3 is 0 Å². The van der Waals surface area contributed by atoms with E-state index in [1.54, 1.807) is 0 Å². The minimum atomic E-state index is -0.0233. The summed E-state index contributed by atoms with van der Waals surface area (Å²) in [4.78, 5) is 0. The molecule has 29 heavy (non-hydrogen) atoms. The van der Waals surface area contributed by atoms with Crippen molar-refractivity contribution in [1.29, 1.82) is 0 Å². The summed E-state index contributed by atoms with van der Waals surface area (Å²) in [6, 6.07) is 0. The third kappa shape index (κ3) is 5.59. The molecule has 0 radical (unpaired) electrons. The molecule has 0 aromatic carbocycles. The van der Waals surface area contributed by atoms with Crippen molar-refractivity contribution in [3.63, 3.8) is 0 Å². The average molecular weight is 405 g/mol. The van der Waals surface area contributed by atoms with Crippen LogP contribution in [0.2, 0.25) is 0 Å². The van der Waals surface area contributed by atoms with Crippen molar-refractivity contribution >= 4 is 0 Å². The molecule has 0 bridgehead atoms. The Morgan fingerprint density at radius 1 is 0.448 bits per heavy atom. The van der Waals surface area contributed by atoms with E-state index in [2.05, 4.69) is 0 Å². The molecular weight excluding hydrogens is 356 g/mol. The highest BCUT2D eigenvalue weighted by molar-refractivity contribution is 4.98. The van der Waals surface area contributed by atoms with Gasteiger partial charge in [0, 0.05) is 0 Å². The molecular formula is C27H48O2. The van der Waals surface area contributed by atoms with Gasteiger partial charge in [-0.2, -0.15) is 0 Å². The molecule has 4 aliphatic carbocycles. The molecule has 168 valence electrons. The Bertz CT molecular complexity index is 417. The molecule has 0 unspecified atom stereocenters. The van der Waals surface area contributed by atoms with Crippen molar-refractivity contribution in [1.82, 2.24) is 0 Å². The largest absolute Gasteiger partial charge is 0.393 e. The van der Waals surface area contributed by atoms with E-state index in [4.69, 9.17) is 0 Å². The Morgan fingerprint density at radius 2 is 0.793 bits per heavy atom. The van der Waals surface area contributed by atoms with Crippen molar-refractivity contribution in [2.24, 2.45) is 29.1 Å². The summed E-state index contributed by atoms with van der Waals surface area (Å²) in [6.45, 7) is 0. The molecule has 4 rings (SSSR count). The van der Waals surface area contributed by atoms with Gasteiger partial charge in [0.25, 0.3) is 0 Å². The quantitative estimate of drug-likeness (QED) is 0.499. The molecule has 0 atom stereocenters. The second-order valence-corrected chi connectivity index (χ2v) is 11.7. The van der Waals surface area contributed by atoms with Crippen LogP contribution < -0.4 is 0 Å². The summed E-state index contributed by atoms with van der Waals surface area (Å²) in [7, 11) is 0. The van der Waals surface area contributed by atoms with Crippen LogP contribution >= 0.6 is 0 Å². The topological polar surface area (TPSA) is 40.5 Å². The first-order valence-corrected chi connectivity index (χ1v) is 13.5. The van der Waals surface area contributed by atoms with Gasteiger partial charge in [0.1, 0.15) is 0 Å². The maximum atomic E-state index is 10.1. The second-order valence-electron chi connectivity index (χ2n) is 11.7. The van der Waals surface area contributed by atoms with E-state index in [0.29, 0.717) is 5.41 Å². The summed E-state index contributed by atoms with van der Waals surface area (Å²) < 4.78 is 0. The van der Waals surface area contributed by atoms with E-state index >= 15 is 0 Å². The molecule has 0 heterocycles. The summed E-state index contributed by atoms with van der Waals surface area (Å²) in [5, 5.41) is 20.2. The van der Waals surface area contributed by atoms with Gasteiger partial charge in [0.15, 0.2) is 0 Å². The lowest BCUT2D eigenvalue weighted by atomic mass is 9.52. The van der Waals surface area contributed by atoms with Crippen LogP contribution in [0.3, 0.4) is 0 Å². The first kappa shape index (κ1) is 22.1. The van der Waals surface area contributed by atoms with Crippen molar-refractivity contribution in [3.05, 3.63) is 0 Å². The molecule has 2 nitrogen and oxygen atoms in total. The minimum absolute atomic E-state index is 0.0233. The van der Waals surface area contributed by atoms with Gasteiger partial charge in [-0.25, -0.2) is 0 Å². The molecule has 4 fully saturated rings. The summed E-state index contributed by atoms with van der Waals surface area (Å²) in [6.07, 6.45) is 26.9. The smallest absolute Gasteiger partial charge is 0.0540 e. The van der Waals surface area contributed by atoms with Crippen LogP contribution in [-0.4, -0.2) is 22.4 Å². The first-order valence-electron chi connectivity index (χ1n) is 13.5. The van der Waals surface area contributed by atoms with Crippen molar-refractivity contribution in [2.45, 2.75) is 141 Å². The molecule has 0 amide bonds. The molecule has 0 aliphatic heterocycles. The highest BCUT2D eigenvalue weighted by Gasteiger charge is 2.48. The third-order valence-electron chi connectivity index (χ3n) is 9.81. The van der Waals surface area contributed by atoms with E-state index in [1.165, 1.54) is 103 Å². The SMILES string of the molecule is OC1CCC(CC(CC2CCC(O)CC2)(C2CCCCC2)C2CCCCC2)CC1. The fourth-order valence-electron chi connectivity index (χ4n) is 8.21. The highest BCUT2D eigenvalue weighted by Crippen LogP contribution is 2.57. The average Bonchev–Trinajstić information content (AvgIpc) is 2.77. The monoisotopic (exact) mass is 404 g/mol. The maximum Gasteiger partial charge on any atom is 0.0540 e. The van der Waals surface area contributed by atoms with Gasteiger partial charge in [-0.1, -0.05) is 38.5 Å². The van der Waals surface area contributed by atoms with Crippen LogP contribution in [0.5, 0.6) is 0 Å². The van der Waals surface area contributed by atoms with Crippen LogP contribution in [0, 0.1) is 29.1 Å². The van der Waals surface area contributed by atoms with E-state index in [9.17, 15) is 10.2 Å². The summed E-state index contributed by atoms with van der Waals surface area (Å²) in [5.74, 6) is 3.63. The Balaban J connectivity index is 1.57. The zero-order valence-electron chi connectivity index (χ0n) is 19.0. The minimum Gasteiger partial charge on any atom is -0.393 e. The molecule has 0 saturated heterocycles. The molecule has 0 aromatic heterocycles. The second kappa shape index (κ2) is 10.5. The van der Waals surface area contributed by atoms with Gasteiger partial charge in [0.2, 0.25) is 0 Å². The molecule has 0 aromatic rings. The third-order valence-corrected chi connectivity index (χ3v) is 9.81. The van der Waals surface area contributed by atoms with Gasteiger partial charge < -0.3 is 10.2 Å². The maximum absolute atomic E-state index is 10.1. The normalized spacial score (nSPS) is 36.2. The number of hydrogen-bond donors (Lipinski definition) is 2. The van der Waals surface area contributed by atoms with Crippen LogP contribution in [0.15, 0.2) is 0 Å². The first-order chi connectivity index (χ1) is 14.2. The number of hydrogen-bond acceptors (Lipinski definition) is 2. The number of aliphatic hydroxyl groups excluding tert-OH is 2. The standard InChI is InChI=1S/C27H48O2/c28-25-15-11-21(12-16-25)19-27(23-7-3-1-4-8-23,24-9-5-2-6-10-24)20-22-13-17-26(29)18-14-22/h21-26,28-29H,1-20H2. The predicted molar refractivity (Wildman–Crippen MR) is 121 cm³/mol. The van der Waals surface area contributed by atoms with Crippen LogP contribution in [0.4, 0.5) is 0 Å². The van der Waals surface area contributed by atoms with Crippen molar-refractivity contribution in [3.8, 4) is 0 Å². The number of rotatable bonds is 6.